The third-order valence-corrected chi connectivity index (χ3v) is 2.92. The Balaban J connectivity index is 1.71. The average molecular weight is 225 g/mol. The van der Waals surface area contributed by atoms with Crippen LogP contribution in [-0.2, 0) is 9.47 Å². The van der Waals surface area contributed by atoms with Crippen LogP contribution >= 0.6 is 0 Å². The number of nitrogens with zero attached hydrogens (tertiary/aromatic N) is 2. The molecule has 2 aliphatic rings. The number of ether oxygens (including phenoxy) is 2. The molecule has 88 valence electrons. The normalized spacial score (nSPS) is 30.8. The van der Waals surface area contributed by atoms with Crippen molar-refractivity contribution in [3.63, 3.8) is 0 Å². The second-order valence-corrected chi connectivity index (χ2v) is 4.07. The van der Waals surface area contributed by atoms with E-state index in [-0.39, 0.29) is 12.1 Å². The fourth-order valence-electron chi connectivity index (χ4n) is 2.05. The average Bonchev–Trinajstić information content (AvgIpc) is 3.01. The molecule has 3 heterocycles. The highest BCUT2D eigenvalue weighted by molar-refractivity contribution is 4.98. The smallest absolute Gasteiger partial charge is 0.243 e. The van der Waals surface area contributed by atoms with Gasteiger partial charge < -0.3 is 19.3 Å². The van der Waals surface area contributed by atoms with Crippen molar-refractivity contribution in [2.45, 2.75) is 25.0 Å². The van der Waals surface area contributed by atoms with Crippen molar-refractivity contribution in [1.29, 1.82) is 0 Å². The zero-order valence-corrected chi connectivity index (χ0v) is 9.02. The van der Waals surface area contributed by atoms with Crippen molar-refractivity contribution in [3.05, 3.63) is 11.7 Å². The fraction of sp³-hybridized carbons (Fsp3) is 0.800. The quantitative estimate of drug-likeness (QED) is 0.794. The lowest BCUT2D eigenvalue weighted by Gasteiger charge is -2.19. The Morgan fingerprint density at radius 3 is 3.06 bits per heavy atom. The summed E-state index contributed by atoms with van der Waals surface area (Å²) in [7, 11) is 0. The molecule has 0 saturated carbocycles. The van der Waals surface area contributed by atoms with Crippen LogP contribution in [0.15, 0.2) is 4.52 Å². The molecule has 2 unspecified atom stereocenters. The summed E-state index contributed by atoms with van der Waals surface area (Å²) in [5.74, 6) is 1.27. The van der Waals surface area contributed by atoms with Gasteiger partial charge in [0.2, 0.25) is 11.7 Å². The molecule has 2 fully saturated rings. The lowest BCUT2D eigenvalue weighted by molar-refractivity contribution is -0.0941. The van der Waals surface area contributed by atoms with E-state index >= 15 is 0 Å². The number of nitrogens with one attached hydrogen (secondary N) is 1. The fourth-order valence-corrected chi connectivity index (χ4v) is 2.05. The lowest BCUT2D eigenvalue weighted by atomic mass is 10.2. The molecule has 6 nitrogen and oxygen atoms in total. The van der Waals surface area contributed by atoms with Gasteiger partial charge in [0, 0.05) is 0 Å². The number of hydrogen-bond donors (Lipinski definition) is 1. The van der Waals surface area contributed by atoms with Gasteiger partial charge in [0.15, 0.2) is 0 Å². The summed E-state index contributed by atoms with van der Waals surface area (Å²) in [5.41, 5.74) is 0. The molecule has 2 aliphatic heterocycles. The predicted molar refractivity (Wildman–Crippen MR) is 53.8 cm³/mol. The van der Waals surface area contributed by atoms with Gasteiger partial charge in [-0.05, 0) is 19.4 Å². The largest absolute Gasteiger partial charge is 0.376 e. The minimum Gasteiger partial charge on any atom is -0.376 e. The monoisotopic (exact) mass is 225 g/mol. The van der Waals surface area contributed by atoms with Gasteiger partial charge in [-0.3, -0.25) is 0 Å². The molecule has 6 heteroatoms. The molecule has 3 rings (SSSR count). The second kappa shape index (κ2) is 4.48. The molecular weight excluding hydrogens is 210 g/mol. The first-order chi connectivity index (χ1) is 7.93. The summed E-state index contributed by atoms with van der Waals surface area (Å²) in [6.45, 7) is 2.77. The van der Waals surface area contributed by atoms with Crippen LogP contribution in [0.5, 0.6) is 0 Å². The highest BCUT2D eigenvalue weighted by Gasteiger charge is 2.26. The van der Waals surface area contributed by atoms with E-state index in [1.807, 2.05) is 0 Å². The van der Waals surface area contributed by atoms with Crippen LogP contribution in [-0.4, -0.2) is 36.5 Å². The molecule has 1 aromatic heterocycles. The Morgan fingerprint density at radius 1 is 1.31 bits per heavy atom. The molecule has 2 saturated heterocycles. The summed E-state index contributed by atoms with van der Waals surface area (Å²) in [6, 6.07) is 0.214. The third-order valence-electron chi connectivity index (χ3n) is 2.92. The standard InChI is InChI=1S/C10H15N3O3/c1-2-7(11-3-1)10-12-9(13-16-10)8-6-14-4-5-15-8/h7-8,11H,1-6H2. The van der Waals surface area contributed by atoms with E-state index < -0.39 is 0 Å². The van der Waals surface area contributed by atoms with Gasteiger partial charge in [-0.1, -0.05) is 5.16 Å². The molecule has 2 atom stereocenters. The molecule has 0 aliphatic carbocycles. The van der Waals surface area contributed by atoms with Crippen molar-refractivity contribution in [3.8, 4) is 0 Å². The Bertz CT molecular complexity index is 343. The summed E-state index contributed by atoms with van der Waals surface area (Å²) >= 11 is 0. The Labute approximate surface area is 93.3 Å². The number of rotatable bonds is 2. The molecule has 1 N–H and O–H groups in total. The molecule has 0 aromatic carbocycles. The highest BCUT2D eigenvalue weighted by atomic mass is 16.6. The maximum atomic E-state index is 5.51. The first kappa shape index (κ1) is 10.2. The van der Waals surface area contributed by atoms with Crippen LogP contribution in [0.2, 0.25) is 0 Å². The minimum atomic E-state index is -0.173. The van der Waals surface area contributed by atoms with Crippen LogP contribution in [0.25, 0.3) is 0 Å². The maximum absolute atomic E-state index is 5.51. The van der Waals surface area contributed by atoms with Crippen LogP contribution in [0.1, 0.15) is 36.7 Å². The van der Waals surface area contributed by atoms with Gasteiger partial charge >= 0.3 is 0 Å². The van der Waals surface area contributed by atoms with Crippen LogP contribution in [0, 0.1) is 0 Å². The molecule has 0 bridgehead atoms. The topological polar surface area (TPSA) is 69.4 Å². The van der Waals surface area contributed by atoms with Gasteiger partial charge in [-0.25, -0.2) is 0 Å². The number of aromatic nitrogens is 2. The second-order valence-electron chi connectivity index (χ2n) is 4.07. The highest BCUT2D eigenvalue weighted by Crippen LogP contribution is 2.24. The Morgan fingerprint density at radius 2 is 2.31 bits per heavy atom. The molecular formula is C10H15N3O3. The summed E-state index contributed by atoms with van der Waals surface area (Å²) in [5, 5.41) is 7.27. The molecule has 0 spiro atoms. The van der Waals surface area contributed by atoms with Crippen molar-refractivity contribution >= 4 is 0 Å². The van der Waals surface area contributed by atoms with E-state index in [9.17, 15) is 0 Å². The van der Waals surface area contributed by atoms with Crippen molar-refractivity contribution in [1.82, 2.24) is 15.5 Å². The van der Waals surface area contributed by atoms with Gasteiger partial charge in [-0.15, -0.1) is 0 Å². The van der Waals surface area contributed by atoms with Crippen LogP contribution in [0.3, 0.4) is 0 Å². The zero-order chi connectivity index (χ0) is 10.8. The summed E-state index contributed by atoms with van der Waals surface area (Å²) < 4.78 is 16.1. The summed E-state index contributed by atoms with van der Waals surface area (Å²) in [6.07, 6.45) is 2.04. The summed E-state index contributed by atoms with van der Waals surface area (Å²) in [4.78, 5) is 4.37. The lowest BCUT2D eigenvalue weighted by Crippen LogP contribution is -2.23. The van der Waals surface area contributed by atoms with Crippen LogP contribution in [0.4, 0.5) is 0 Å². The molecule has 1 aromatic rings. The van der Waals surface area contributed by atoms with Gasteiger partial charge in [-0.2, -0.15) is 4.98 Å². The SMILES string of the molecule is C1CNC(c2nc(C3COCCO3)no2)C1. The Hall–Kier alpha value is -0.980. The first-order valence-corrected chi connectivity index (χ1v) is 5.70. The van der Waals surface area contributed by atoms with E-state index in [0.717, 1.165) is 19.4 Å². The van der Waals surface area contributed by atoms with E-state index in [1.54, 1.807) is 0 Å². The van der Waals surface area contributed by atoms with Crippen molar-refractivity contribution in [2.75, 3.05) is 26.4 Å². The minimum absolute atomic E-state index is 0.173. The van der Waals surface area contributed by atoms with E-state index in [0.29, 0.717) is 31.5 Å². The van der Waals surface area contributed by atoms with E-state index in [1.165, 1.54) is 0 Å². The number of hydrogen-bond acceptors (Lipinski definition) is 6. The maximum Gasteiger partial charge on any atom is 0.243 e. The molecule has 0 amide bonds. The molecule has 16 heavy (non-hydrogen) atoms. The Kier molecular flexibility index (Phi) is 2.86. The molecule has 0 radical (unpaired) electrons. The van der Waals surface area contributed by atoms with Gasteiger partial charge in [0.1, 0.15) is 6.10 Å². The third kappa shape index (κ3) is 1.95. The van der Waals surface area contributed by atoms with Crippen LogP contribution < -0.4 is 5.32 Å². The predicted octanol–water partition coefficient (Wildman–Crippen LogP) is 0.582. The van der Waals surface area contributed by atoms with Gasteiger partial charge in [0.25, 0.3) is 0 Å². The van der Waals surface area contributed by atoms with Crippen molar-refractivity contribution in [2.24, 2.45) is 0 Å². The van der Waals surface area contributed by atoms with Gasteiger partial charge in [0.05, 0.1) is 25.9 Å². The van der Waals surface area contributed by atoms with Crippen molar-refractivity contribution < 1.29 is 14.0 Å². The zero-order valence-electron chi connectivity index (χ0n) is 9.02. The van der Waals surface area contributed by atoms with E-state index in [2.05, 4.69) is 15.5 Å². The first-order valence-electron chi connectivity index (χ1n) is 5.70. The van der Waals surface area contributed by atoms with E-state index in [4.69, 9.17) is 14.0 Å².